The first-order chi connectivity index (χ1) is 15.8. The molecule has 2 aromatic carbocycles. The van der Waals surface area contributed by atoms with E-state index >= 15 is 0 Å². The number of non-ortho nitro benzene ring substituents is 1. The largest absolute Gasteiger partial charge is 0.340 e. The second kappa shape index (κ2) is 9.98. The molecule has 4 rings (SSSR count). The molecule has 0 aromatic heterocycles. The third kappa shape index (κ3) is 5.40. The highest BCUT2D eigenvalue weighted by molar-refractivity contribution is 7.89. The number of rotatable bonds is 6. The molecule has 2 aliphatic heterocycles. The first-order valence-corrected chi connectivity index (χ1v) is 12.6. The van der Waals surface area contributed by atoms with Crippen molar-refractivity contribution in [3.8, 4) is 0 Å². The Labute approximate surface area is 193 Å². The zero-order valence-corrected chi connectivity index (χ0v) is 19.2. The molecule has 1 atom stereocenters. The standard InChI is InChI=1S/C23H28N4O5S/c28-23(25-14-12-24(13-15-25)17-19-6-2-1-3-7-19)20-8-5-11-26(18-20)33(31,32)22-10-4-9-21(16-22)27(29)30/h1-4,6-7,9-10,16,20H,5,8,11-15,17-18H2/t20-/m0/s1. The van der Waals surface area contributed by atoms with Gasteiger partial charge in [0, 0.05) is 57.9 Å². The summed E-state index contributed by atoms with van der Waals surface area (Å²) >= 11 is 0. The van der Waals surface area contributed by atoms with Gasteiger partial charge in [-0.1, -0.05) is 36.4 Å². The fourth-order valence-electron chi connectivity index (χ4n) is 4.50. The number of benzene rings is 2. The molecule has 0 radical (unpaired) electrons. The van der Waals surface area contributed by atoms with Crippen LogP contribution in [0.15, 0.2) is 59.5 Å². The average Bonchev–Trinajstić information content (AvgIpc) is 2.85. The fraction of sp³-hybridized carbons (Fsp3) is 0.435. The number of piperidine rings is 1. The molecule has 2 saturated heterocycles. The maximum Gasteiger partial charge on any atom is 0.270 e. The van der Waals surface area contributed by atoms with Gasteiger partial charge in [0.25, 0.3) is 5.69 Å². The van der Waals surface area contributed by atoms with E-state index in [1.54, 1.807) is 0 Å². The lowest BCUT2D eigenvalue weighted by Crippen LogP contribution is -2.52. The van der Waals surface area contributed by atoms with Crippen molar-refractivity contribution in [2.24, 2.45) is 5.92 Å². The Morgan fingerprint density at radius 2 is 1.73 bits per heavy atom. The van der Waals surface area contributed by atoms with Crippen molar-refractivity contribution in [1.29, 1.82) is 0 Å². The molecular formula is C23H28N4O5S. The van der Waals surface area contributed by atoms with Crippen LogP contribution in [0.3, 0.4) is 0 Å². The normalized spacial score (nSPS) is 20.5. The summed E-state index contributed by atoms with van der Waals surface area (Å²) in [6.07, 6.45) is 1.22. The van der Waals surface area contributed by atoms with Crippen molar-refractivity contribution in [3.05, 3.63) is 70.3 Å². The molecule has 2 aromatic rings. The van der Waals surface area contributed by atoms with E-state index in [0.717, 1.165) is 25.7 Å². The zero-order chi connectivity index (χ0) is 23.4. The molecule has 176 valence electrons. The maximum atomic E-state index is 13.2. The lowest BCUT2D eigenvalue weighted by molar-refractivity contribution is -0.385. The highest BCUT2D eigenvalue weighted by Gasteiger charge is 2.36. The van der Waals surface area contributed by atoms with Crippen molar-refractivity contribution >= 4 is 21.6 Å². The smallest absolute Gasteiger partial charge is 0.270 e. The van der Waals surface area contributed by atoms with Gasteiger partial charge in [-0.15, -0.1) is 0 Å². The summed E-state index contributed by atoms with van der Waals surface area (Å²) < 4.78 is 27.5. The van der Waals surface area contributed by atoms with Crippen molar-refractivity contribution in [1.82, 2.24) is 14.1 Å². The first-order valence-electron chi connectivity index (χ1n) is 11.1. The third-order valence-corrected chi connectivity index (χ3v) is 8.19. The number of hydrogen-bond donors (Lipinski definition) is 0. The maximum absolute atomic E-state index is 13.2. The molecule has 0 saturated carbocycles. The summed E-state index contributed by atoms with van der Waals surface area (Å²) in [6.45, 7) is 4.07. The Hall–Kier alpha value is -2.82. The van der Waals surface area contributed by atoms with Gasteiger partial charge in [-0.25, -0.2) is 8.42 Å². The van der Waals surface area contributed by atoms with Crippen LogP contribution < -0.4 is 0 Å². The monoisotopic (exact) mass is 472 g/mol. The highest BCUT2D eigenvalue weighted by Crippen LogP contribution is 2.27. The number of hydrogen-bond acceptors (Lipinski definition) is 6. The Morgan fingerprint density at radius 1 is 1.00 bits per heavy atom. The van der Waals surface area contributed by atoms with Crippen molar-refractivity contribution in [2.75, 3.05) is 39.3 Å². The van der Waals surface area contributed by atoms with E-state index in [1.807, 2.05) is 23.1 Å². The van der Waals surface area contributed by atoms with Crippen LogP contribution in [0.2, 0.25) is 0 Å². The molecule has 1 amide bonds. The molecule has 0 bridgehead atoms. The molecule has 0 N–H and O–H groups in total. The van der Waals surface area contributed by atoms with E-state index in [4.69, 9.17) is 0 Å². The summed E-state index contributed by atoms with van der Waals surface area (Å²) in [7, 11) is -3.91. The van der Waals surface area contributed by atoms with Crippen LogP contribution in [0.5, 0.6) is 0 Å². The quantitative estimate of drug-likeness (QED) is 0.472. The number of nitro groups is 1. The van der Waals surface area contributed by atoms with Crippen LogP contribution in [0.1, 0.15) is 18.4 Å². The van der Waals surface area contributed by atoms with Gasteiger partial charge in [0.05, 0.1) is 15.7 Å². The number of sulfonamides is 1. The summed E-state index contributed by atoms with van der Waals surface area (Å²) in [5, 5.41) is 11.0. The number of piperazine rings is 1. The fourth-order valence-corrected chi connectivity index (χ4v) is 6.06. The van der Waals surface area contributed by atoms with E-state index in [0.29, 0.717) is 32.5 Å². The van der Waals surface area contributed by atoms with Crippen LogP contribution in [0, 0.1) is 16.0 Å². The van der Waals surface area contributed by atoms with Crippen LogP contribution >= 0.6 is 0 Å². The van der Waals surface area contributed by atoms with E-state index in [9.17, 15) is 23.3 Å². The summed E-state index contributed by atoms with van der Waals surface area (Å²) in [6, 6.07) is 15.3. The van der Waals surface area contributed by atoms with Crippen LogP contribution in [-0.4, -0.2) is 72.6 Å². The van der Waals surface area contributed by atoms with Gasteiger partial charge in [-0.3, -0.25) is 19.8 Å². The Bertz CT molecular complexity index is 1100. The molecular weight excluding hydrogens is 444 g/mol. The molecule has 0 unspecified atom stereocenters. The minimum atomic E-state index is -3.91. The number of nitrogens with zero attached hydrogens (tertiary/aromatic N) is 4. The highest BCUT2D eigenvalue weighted by atomic mass is 32.2. The molecule has 2 fully saturated rings. The molecule has 0 spiro atoms. The number of carbonyl (C=O) groups excluding carboxylic acids is 1. The Morgan fingerprint density at radius 3 is 2.42 bits per heavy atom. The zero-order valence-electron chi connectivity index (χ0n) is 18.4. The SMILES string of the molecule is O=C([C@H]1CCCN(S(=O)(=O)c2cccc([N+](=O)[O-])c2)C1)N1CCN(Cc2ccccc2)CC1. The Kier molecular flexibility index (Phi) is 7.06. The van der Waals surface area contributed by atoms with Crippen molar-refractivity contribution in [3.63, 3.8) is 0 Å². The van der Waals surface area contributed by atoms with Crippen molar-refractivity contribution < 1.29 is 18.1 Å². The van der Waals surface area contributed by atoms with Gasteiger partial charge in [0.1, 0.15) is 0 Å². The molecule has 2 heterocycles. The lowest BCUT2D eigenvalue weighted by Gasteiger charge is -2.38. The number of nitro benzene ring substituents is 1. The molecule has 9 nitrogen and oxygen atoms in total. The van der Waals surface area contributed by atoms with E-state index in [-0.39, 0.29) is 23.0 Å². The average molecular weight is 473 g/mol. The van der Waals surface area contributed by atoms with Gasteiger partial charge >= 0.3 is 0 Å². The van der Waals surface area contributed by atoms with Gasteiger partial charge in [-0.05, 0) is 24.5 Å². The van der Waals surface area contributed by atoms with Crippen molar-refractivity contribution in [2.45, 2.75) is 24.3 Å². The first kappa shape index (κ1) is 23.3. The number of amides is 1. The van der Waals surface area contributed by atoms with Crippen LogP contribution in [0.4, 0.5) is 5.69 Å². The second-order valence-electron chi connectivity index (χ2n) is 8.54. The molecule has 10 heteroatoms. The number of carbonyl (C=O) groups is 1. The summed E-state index contributed by atoms with van der Waals surface area (Å²) in [5.41, 5.74) is 0.973. The molecule has 33 heavy (non-hydrogen) atoms. The topological polar surface area (TPSA) is 104 Å². The minimum absolute atomic E-state index is 0.00620. The van der Waals surface area contributed by atoms with Gasteiger partial charge in [-0.2, -0.15) is 4.31 Å². The summed E-state index contributed by atoms with van der Waals surface area (Å²) in [5.74, 6) is -0.402. The summed E-state index contributed by atoms with van der Waals surface area (Å²) in [4.78, 5) is 27.6. The second-order valence-corrected chi connectivity index (χ2v) is 10.5. The van der Waals surface area contributed by atoms with Crippen LogP contribution in [0.25, 0.3) is 0 Å². The Balaban J connectivity index is 1.37. The predicted molar refractivity (Wildman–Crippen MR) is 123 cm³/mol. The van der Waals surface area contributed by atoms with Gasteiger partial charge in [0.2, 0.25) is 15.9 Å². The predicted octanol–water partition coefficient (Wildman–Crippen LogP) is 2.34. The lowest BCUT2D eigenvalue weighted by atomic mass is 9.97. The van der Waals surface area contributed by atoms with E-state index < -0.39 is 20.9 Å². The minimum Gasteiger partial charge on any atom is -0.340 e. The van der Waals surface area contributed by atoms with Gasteiger partial charge < -0.3 is 4.90 Å². The molecule has 2 aliphatic rings. The molecule has 0 aliphatic carbocycles. The van der Waals surface area contributed by atoms with E-state index in [1.165, 1.54) is 28.1 Å². The van der Waals surface area contributed by atoms with E-state index in [2.05, 4.69) is 17.0 Å². The third-order valence-electron chi connectivity index (χ3n) is 6.33. The van der Waals surface area contributed by atoms with Gasteiger partial charge in [0.15, 0.2) is 0 Å². The van der Waals surface area contributed by atoms with Crippen LogP contribution in [-0.2, 0) is 21.4 Å².